The summed E-state index contributed by atoms with van der Waals surface area (Å²) in [6.45, 7) is 4.15. The molecule has 0 fully saturated rings. The van der Waals surface area contributed by atoms with E-state index in [1.807, 2.05) is 19.9 Å². The first kappa shape index (κ1) is 20.3. The van der Waals surface area contributed by atoms with Crippen molar-refractivity contribution in [3.8, 4) is 5.75 Å². The lowest BCUT2D eigenvalue weighted by Crippen LogP contribution is -2.41. The van der Waals surface area contributed by atoms with Crippen LogP contribution in [0.1, 0.15) is 31.5 Å². The Hall–Kier alpha value is -3.00. The smallest absolute Gasteiger partial charge is 0.320 e. The van der Waals surface area contributed by atoms with Gasteiger partial charge in [-0.15, -0.1) is 0 Å². The van der Waals surface area contributed by atoms with Crippen molar-refractivity contribution in [2.24, 2.45) is 5.92 Å². The number of rotatable bonds is 9. The number of carbonyl (C=O) groups is 1. The first-order chi connectivity index (χ1) is 12.8. The zero-order chi connectivity index (χ0) is 20.0. The molecule has 0 unspecified atom stereocenters. The number of benzene rings is 1. The molecule has 0 saturated carbocycles. The van der Waals surface area contributed by atoms with Crippen LogP contribution >= 0.6 is 0 Å². The minimum atomic E-state index is -0.982. The van der Waals surface area contributed by atoms with E-state index < -0.39 is 16.9 Å². The summed E-state index contributed by atoms with van der Waals surface area (Å²) in [7, 11) is 0. The molecule has 0 aliphatic heterocycles. The van der Waals surface area contributed by atoms with Gasteiger partial charge in [-0.25, -0.2) is 0 Å². The molecule has 0 saturated heterocycles. The number of phenolic OH excluding ortho intramolecular Hbond substituents is 1. The van der Waals surface area contributed by atoms with E-state index in [9.17, 15) is 25.1 Å². The third-order valence-electron chi connectivity index (χ3n) is 4.16. The standard InChI is InChI=1S/C19H23N3O5/c1-13(2)9-17(19(24)25)21(12-15-5-3-4-8-20-15)11-14-10-16(22(26)27)6-7-18(14)23/h3-8,10,13,17,23H,9,11-12H2,1-2H3,(H,24,25)/t17-/m0/s1. The minimum absolute atomic E-state index is 0.0494. The average Bonchev–Trinajstić information content (AvgIpc) is 2.61. The van der Waals surface area contributed by atoms with Crippen LogP contribution < -0.4 is 0 Å². The maximum absolute atomic E-state index is 11.9. The number of nitro groups is 1. The summed E-state index contributed by atoms with van der Waals surface area (Å²) < 4.78 is 0. The van der Waals surface area contributed by atoms with Crippen LogP contribution in [-0.2, 0) is 17.9 Å². The zero-order valence-corrected chi connectivity index (χ0v) is 15.3. The second kappa shape index (κ2) is 9.09. The number of non-ortho nitro benzene ring substituents is 1. The van der Waals surface area contributed by atoms with Crippen molar-refractivity contribution < 1.29 is 19.9 Å². The van der Waals surface area contributed by atoms with E-state index in [1.165, 1.54) is 18.2 Å². The van der Waals surface area contributed by atoms with Crippen molar-refractivity contribution in [1.29, 1.82) is 0 Å². The molecule has 27 heavy (non-hydrogen) atoms. The Bertz CT molecular complexity index is 795. The third-order valence-corrected chi connectivity index (χ3v) is 4.16. The molecule has 1 aromatic carbocycles. The number of aromatic nitrogens is 1. The van der Waals surface area contributed by atoms with Crippen LogP contribution in [0.4, 0.5) is 5.69 Å². The number of nitro benzene ring substituents is 1. The molecule has 0 radical (unpaired) electrons. The van der Waals surface area contributed by atoms with Crippen LogP contribution in [0.3, 0.4) is 0 Å². The van der Waals surface area contributed by atoms with Crippen LogP contribution in [0.2, 0.25) is 0 Å². The largest absolute Gasteiger partial charge is 0.508 e. The van der Waals surface area contributed by atoms with E-state index in [-0.39, 0.29) is 30.4 Å². The Morgan fingerprint density at radius 2 is 2.00 bits per heavy atom. The monoisotopic (exact) mass is 373 g/mol. The summed E-state index contributed by atoms with van der Waals surface area (Å²) in [5.74, 6) is -0.958. The minimum Gasteiger partial charge on any atom is -0.508 e. The number of aliphatic carboxylic acids is 1. The fourth-order valence-corrected chi connectivity index (χ4v) is 2.86. The quantitative estimate of drug-likeness (QED) is 0.512. The Kier molecular flexibility index (Phi) is 6.84. The highest BCUT2D eigenvalue weighted by atomic mass is 16.6. The van der Waals surface area contributed by atoms with E-state index >= 15 is 0 Å². The summed E-state index contributed by atoms with van der Waals surface area (Å²) in [4.78, 5) is 28.3. The molecule has 0 aliphatic rings. The molecule has 1 heterocycles. The molecular formula is C19H23N3O5. The lowest BCUT2D eigenvalue weighted by atomic mass is 10.0. The number of aromatic hydroxyl groups is 1. The van der Waals surface area contributed by atoms with Crippen molar-refractivity contribution in [3.63, 3.8) is 0 Å². The van der Waals surface area contributed by atoms with Gasteiger partial charge in [0.2, 0.25) is 0 Å². The van der Waals surface area contributed by atoms with Gasteiger partial charge in [-0.1, -0.05) is 19.9 Å². The SMILES string of the molecule is CC(C)C[C@@H](C(=O)O)N(Cc1ccccn1)Cc1cc([N+](=O)[O-])ccc1O. The fraction of sp³-hybridized carbons (Fsp3) is 0.368. The highest BCUT2D eigenvalue weighted by molar-refractivity contribution is 5.73. The number of hydrogen-bond donors (Lipinski definition) is 2. The van der Waals surface area contributed by atoms with Gasteiger partial charge >= 0.3 is 5.97 Å². The Balaban J connectivity index is 2.38. The van der Waals surface area contributed by atoms with Gasteiger partial charge in [0.05, 0.1) is 10.6 Å². The molecule has 8 heteroatoms. The Morgan fingerprint density at radius 1 is 1.26 bits per heavy atom. The van der Waals surface area contributed by atoms with Gasteiger partial charge in [-0.3, -0.25) is 24.8 Å². The van der Waals surface area contributed by atoms with Crippen molar-refractivity contribution in [2.45, 2.75) is 39.4 Å². The lowest BCUT2D eigenvalue weighted by Gasteiger charge is -2.30. The van der Waals surface area contributed by atoms with Gasteiger partial charge < -0.3 is 10.2 Å². The van der Waals surface area contributed by atoms with E-state index in [1.54, 1.807) is 23.2 Å². The lowest BCUT2D eigenvalue weighted by molar-refractivity contribution is -0.385. The van der Waals surface area contributed by atoms with Gasteiger partial charge in [0.25, 0.3) is 5.69 Å². The van der Waals surface area contributed by atoms with Gasteiger partial charge in [0, 0.05) is 37.0 Å². The molecule has 2 rings (SSSR count). The summed E-state index contributed by atoms with van der Waals surface area (Å²) >= 11 is 0. The van der Waals surface area contributed by atoms with Crippen LogP contribution in [0, 0.1) is 16.0 Å². The normalized spacial score (nSPS) is 12.3. The van der Waals surface area contributed by atoms with Crippen LogP contribution in [-0.4, -0.2) is 37.0 Å². The molecule has 1 atom stereocenters. The number of pyridine rings is 1. The van der Waals surface area contributed by atoms with E-state index in [4.69, 9.17) is 0 Å². The molecule has 0 spiro atoms. The number of carboxylic acid groups (broad SMARTS) is 1. The number of nitrogens with zero attached hydrogens (tertiary/aromatic N) is 3. The van der Waals surface area contributed by atoms with Crippen LogP contribution in [0.15, 0.2) is 42.6 Å². The second-order valence-electron chi connectivity index (χ2n) is 6.78. The van der Waals surface area contributed by atoms with Crippen molar-refractivity contribution in [3.05, 3.63) is 64.0 Å². The maximum Gasteiger partial charge on any atom is 0.320 e. The van der Waals surface area contributed by atoms with E-state index in [2.05, 4.69) is 4.98 Å². The van der Waals surface area contributed by atoms with Crippen molar-refractivity contribution >= 4 is 11.7 Å². The molecule has 0 amide bonds. The molecule has 2 aromatic rings. The molecule has 2 N–H and O–H groups in total. The van der Waals surface area contributed by atoms with Crippen LogP contribution in [0.25, 0.3) is 0 Å². The van der Waals surface area contributed by atoms with Crippen molar-refractivity contribution in [2.75, 3.05) is 0 Å². The first-order valence-corrected chi connectivity index (χ1v) is 8.61. The van der Waals surface area contributed by atoms with Crippen LogP contribution in [0.5, 0.6) is 5.75 Å². The molecule has 144 valence electrons. The molecule has 0 aliphatic carbocycles. The summed E-state index contributed by atoms with van der Waals surface area (Å²) in [5.41, 5.74) is 0.823. The average molecular weight is 373 g/mol. The topological polar surface area (TPSA) is 117 Å². The predicted molar refractivity (Wildman–Crippen MR) is 99.1 cm³/mol. The predicted octanol–water partition coefficient (Wildman–Crippen LogP) is 3.20. The summed E-state index contributed by atoms with van der Waals surface area (Å²) in [5, 5.41) is 30.9. The van der Waals surface area contributed by atoms with Gasteiger partial charge in [0.15, 0.2) is 0 Å². The first-order valence-electron chi connectivity index (χ1n) is 8.61. The van der Waals surface area contributed by atoms with Gasteiger partial charge in [0.1, 0.15) is 11.8 Å². The molecule has 0 bridgehead atoms. The Morgan fingerprint density at radius 3 is 2.56 bits per heavy atom. The molecule has 8 nitrogen and oxygen atoms in total. The van der Waals surface area contributed by atoms with Gasteiger partial charge in [-0.2, -0.15) is 0 Å². The summed E-state index contributed by atoms with van der Waals surface area (Å²) in [6, 6.07) is 8.29. The van der Waals surface area contributed by atoms with E-state index in [0.717, 1.165) is 0 Å². The number of hydrogen-bond acceptors (Lipinski definition) is 6. The van der Waals surface area contributed by atoms with E-state index in [0.29, 0.717) is 17.7 Å². The second-order valence-corrected chi connectivity index (χ2v) is 6.78. The molecule has 1 aromatic heterocycles. The molecular weight excluding hydrogens is 350 g/mol. The van der Waals surface area contributed by atoms with Crippen molar-refractivity contribution in [1.82, 2.24) is 9.88 Å². The maximum atomic E-state index is 11.9. The zero-order valence-electron chi connectivity index (χ0n) is 15.3. The highest BCUT2D eigenvalue weighted by Crippen LogP contribution is 2.26. The highest BCUT2D eigenvalue weighted by Gasteiger charge is 2.28. The Labute approximate surface area is 157 Å². The number of phenols is 1. The van der Waals surface area contributed by atoms with Gasteiger partial charge in [-0.05, 0) is 30.5 Å². The third kappa shape index (κ3) is 5.75. The number of carboxylic acids is 1. The fourth-order valence-electron chi connectivity index (χ4n) is 2.86. The summed E-state index contributed by atoms with van der Waals surface area (Å²) in [6.07, 6.45) is 2.02.